The monoisotopic (exact) mass is 313 g/mol. The second-order valence-corrected chi connectivity index (χ2v) is 6.44. The van der Waals surface area contributed by atoms with Crippen LogP contribution in [0.5, 0.6) is 0 Å². The van der Waals surface area contributed by atoms with Gasteiger partial charge in [0.15, 0.2) is 0 Å². The van der Waals surface area contributed by atoms with Crippen LogP contribution < -0.4 is 5.32 Å². The Hall–Kier alpha value is -2.08. The van der Waals surface area contributed by atoms with Crippen molar-refractivity contribution in [3.8, 4) is 0 Å². The fourth-order valence-electron chi connectivity index (χ4n) is 3.73. The highest BCUT2D eigenvalue weighted by Crippen LogP contribution is 2.20. The molecule has 1 atom stereocenters. The van der Waals surface area contributed by atoms with Crippen LogP contribution in [0.2, 0.25) is 0 Å². The standard InChI is InChI=1S/C17H23N5O/c1-2-7-22-15-6-4-3-5-14(15)19-16(22)12-20-8-9-21-13(11-20)10-18-17(21)23/h3-6,13H,2,7-12H2,1H3,(H,18,23). The van der Waals surface area contributed by atoms with Crippen LogP contribution in [0.1, 0.15) is 19.2 Å². The number of urea groups is 1. The number of nitrogens with one attached hydrogen (secondary N) is 1. The van der Waals surface area contributed by atoms with Gasteiger partial charge in [-0.15, -0.1) is 0 Å². The van der Waals surface area contributed by atoms with Crippen LogP contribution in [0, 0.1) is 0 Å². The van der Waals surface area contributed by atoms with E-state index in [0.717, 1.165) is 57.0 Å². The molecule has 2 aliphatic heterocycles. The van der Waals surface area contributed by atoms with Crippen molar-refractivity contribution < 1.29 is 4.79 Å². The van der Waals surface area contributed by atoms with Crippen LogP contribution in [-0.2, 0) is 13.1 Å². The smallest absolute Gasteiger partial charge is 0.317 e. The molecule has 0 radical (unpaired) electrons. The number of rotatable bonds is 4. The maximum absolute atomic E-state index is 11.7. The molecule has 2 aliphatic rings. The second kappa shape index (κ2) is 5.85. The molecule has 1 unspecified atom stereocenters. The third-order valence-electron chi connectivity index (χ3n) is 4.86. The van der Waals surface area contributed by atoms with Crippen LogP contribution >= 0.6 is 0 Å². The van der Waals surface area contributed by atoms with Gasteiger partial charge in [0.2, 0.25) is 0 Å². The summed E-state index contributed by atoms with van der Waals surface area (Å²) in [6.07, 6.45) is 1.10. The van der Waals surface area contributed by atoms with Crippen molar-refractivity contribution in [3.05, 3.63) is 30.1 Å². The maximum Gasteiger partial charge on any atom is 0.317 e. The molecule has 4 rings (SSSR count). The summed E-state index contributed by atoms with van der Waals surface area (Å²) >= 11 is 0. The number of para-hydroxylation sites is 2. The lowest BCUT2D eigenvalue weighted by Crippen LogP contribution is -2.51. The highest BCUT2D eigenvalue weighted by atomic mass is 16.2. The molecule has 122 valence electrons. The minimum atomic E-state index is 0.0906. The Morgan fingerprint density at radius 2 is 2.17 bits per heavy atom. The number of nitrogens with zero attached hydrogens (tertiary/aromatic N) is 4. The topological polar surface area (TPSA) is 53.4 Å². The number of hydrogen-bond acceptors (Lipinski definition) is 3. The van der Waals surface area contributed by atoms with E-state index in [1.807, 2.05) is 11.0 Å². The molecule has 2 fully saturated rings. The van der Waals surface area contributed by atoms with Gasteiger partial charge in [-0.2, -0.15) is 0 Å². The number of hydrogen-bond donors (Lipinski definition) is 1. The molecule has 2 aromatic rings. The average molecular weight is 313 g/mol. The van der Waals surface area contributed by atoms with Crippen LogP contribution in [0.15, 0.2) is 24.3 Å². The zero-order chi connectivity index (χ0) is 15.8. The van der Waals surface area contributed by atoms with Crippen LogP contribution in [0.25, 0.3) is 11.0 Å². The molecule has 1 aromatic carbocycles. The van der Waals surface area contributed by atoms with Crippen LogP contribution in [0.3, 0.4) is 0 Å². The van der Waals surface area contributed by atoms with E-state index in [-0.39, 0.29) is 6.03 Å². The number of fused-ring (bicyclic) bond motifs is 2. The van der Waals surface area contributed by atoms with Crippen molar-refractivity contribution in [2.75, 3.05) is 26.2 Å². The van der Waals surface area contributed by atoms with Gasteiger partial charge < -0.3 is 14.8 Å². The zero-order valence-electron chi connectivity index (χ0n) is 13.5. The normalized spacial score (nSPS) is 21.7. The van der Waals surface area contributed by atoms with E-state index < -0.39 is 0 Å². The molecular formula is C17H23N5O. The molecule has 6 heteroatoms. The first-order chi connectivity index (χ1) is 11.3. The van der Waals surface area contributed by atoms with Crippen molar-refractivity contribution >= 4 is 17.1 Å². The molecule has 3 heterocycles. The minimum absolute atomic E-state index is 0.0906. The third-order valence-corrected chi connectivity index (χ3v) is 4.86. The predicted molar refractivity (Wildman–Crippen MR) is 89.2 cm³/mol. The lowest BCUT2D eigenvalue weighted by molar-refractivity contribution is 0.114. The first-order valence-electron chi connectivity index (χ1n) is 8.47. The van der Waals surface area contributed by atoms with Gasteiger partial charge in [0.25, 0.3) is 0 Å². The molecular weight excluding hydrogens is 290 g/mol. The van der Waals surface area contributed by atoms with E-state index >= 15 is 0 Å². The quantitative estimate of drug-likeness (QED) is 0.934. The predicted octanol–water partition coefficient (Wildman–Crippen LogP) is 1.66. The summed E-state index contributed by atoms with van der Waals surface area (Å²) in [5.74, 6) is 1.14. The van der Waals surface area contributed by atoms with Gasteiger partial charge in [0, 0.05) is 32.7 Å². The number of carbonyl (C=O) groups excluding carboxylic acids is 1. The van der Waals surface area contributed by atoms with Gasteiger partial charge in [-0.25, -0.2) is 9.78 Å². The molecule has 23 heavy (non-hydrogen) atoms. The van der Waals surface area contributed by atoms with Gasteiger partial charge in [0.1, 0.15) is 5.82 Å². The Balaban J connectivity index is 1.56. The SMILES string of the molecule is CCCn1c(CN2CCN3C(=O)NCC3C2)nc2ccccc21. The number of piperazine rings is 1. The van der Waals surface area contributed by atoms with Crippen molar-refractivity contribution in [1.29, 1.82) is 0 Å². The van der Waals surface area contributed by atoms with E-state index in [1.165, 1.54) is 5.52 Å². The summed E-state index contributed by atoms with van der Waals surface area (Å²) in [5.41, 5.74) is 2.30. The van der Waals surface area contributed by atoms with Gasteiger partial charge in [-0.05, 0) is 18.6 Å². The van der Waals surface area contributed by atoms with Crippen molar-refractivity contribution in [2.45, 2.75) is 32.5 Å². The van der Waals surface area contributed by atoms with Crippen LogP contribution in [0.4, 0.5) is 4.79 Å². The Bertz CT molecular complexity index is 725. The van der Waals surface area contributed by atoms with Gasteiger partial charge >= 0.3 is 6.03 Å². The minimum Gasteiger partial charge on any atom is -0.336 e. The number of aryl methyl sites for hydroxylation is 1. The van der Waals surface area contributed by atoms with E-state index in [9.17, 15) is 4.79 Å². The summed E-state index contributed by atoms with van der Waals surface area (Å²) in [4.78, 5) is 21.0. The number of amides is 2. The lowest BCUT2D eigenvalue weighted by atomic mass is 10.2. The fraction of sp³-hybridized carbons (Fsp3) is 0.529. The van der Waals surface area contributed by atoms with E-state index in [4.69, 9.17) is 4.98 Å². The van der Waals surface area contributed by atoms with Gasteiger partial charge in [-0.3, -0.25) is 4.90 Å². The Labute approximate surface area is 136 Å². The number of carbonyl (C=O) groups is 1. The first kappa shape index (κ1) is 14.5. The largest absolute Gasteiger partial charge is 0.336 e. The summed E-state index contributed by atoms with van der Waals surface area (Å²) in [7, 11) is 0. The van der Waals surface area contributed by atoms with E-state index in [1.54, 1.807) is 0 Å². The molecule has 2 saturated heterocycles. The Kier molecular flexibility index (Phi) is 3.69. The van der Waals surface area contributed by atoms with Gasteiger partial charge in [0.05, 0.1) is 23.6 Å². The molecule has 0 saturated carbocycles. The molecule has 0 bridgehead atoms. The molecule has 0 aliphatic carbocycles. The fourth-order valence-corrected chi connectivity index (χ4v) is 3.73. The maximum atomic E-state index is 11.7. The van der Waals surface area contributed by atoms with Crippen LogP contribution in [-0.4, -0.2) is 57.6 Å². The van der Waals surface area contributed by atoms with E-state index in [0.29, 0.717) is 6.04 Å². The molecule has 2 amide bonds. The number of imidazole rings is 1. The summed E-state index contributed by atoms with van der Waals surface area (Å²) in [6.45, 7) is 7.47. The van der Waals surface area contributed by atoms with Crippen molar-refractivity contribution in [1.82, 2.24) is 24.7 Å². The highest BCUT2D eigenvalue weighted by molar-refractivity contribution is 5.77. The summed E-state index contributed by atoms with van der Waals surface area (Å²) < 4.78 is 2.35. The molecule has 6 nitrogen and oxygen atoms in total. The van der Waals surface area contributed by atoms with Crippen molar-refractivity contribution in [2.24, 2.45) is 0 Å². The Morgan fingerprint density at radius 3 is 3.04 bits per heavy atom. The molecule has 0 spiro atoms. The molecule has 1 N–H and O–H groups in total. The summed E-state index contributed by atoms with van der Waals surface area (Å²) in [6, 6.07) is 8.76. The number of benzene rings is 1. The number of aromatic nitrogens is 2. The van der Waals surface area contributed by atoms with Gasteiger partial charge in [-0.1, -0.05) is 19.1 Å². The average Bonchev–Trinajstić information content (AvgIpc) is 3.09. The van der Waals surface area contributed by atoms with E-state index in [2.05, 4.69) is 39.9 Å². The third kappa shape index (κ3) is 2.57. The summed E-state index contributed by atoms with van der Waals surface area (Å²) in [5, 5.41) is 2.94. The lowest BCUT2D eigenvalue weighted by Gasteiger charge is -2.36. The molecule has 1 aromatic heterocycles. The Morgan fingerprint density at radius 1 is 1.30 bits per heavy atom. The first-order valence-corrected chi connectivity index (χ1v) is 8.47. The van der Waals surface area contributed by atoms with Crippen molar-refractivity contribution in [3.63, 3.8) is 0 Å². The zero-order valence-corrected chi connectivity index (χ0v) is 13.5. The second-order valence-electron chi connectivity index (χ2n) is 6.44. The highest BCUT2D eigenvalue weighted by Gasteiger charge is 2.35.